The van der Waals surface area contributed by atoms with Crippen LogP contribution in [0, 0.1) is 6.92 Å². The summed E-state index contributed by atoms with van der Waals surface area (Å²) in [5, 5.41) is 1.18. The molecule has 0 aliphatic carbocycles. The van der Waals surface area contributed by atoms with E-state index in [1.54, 1.807) is 49.6 Å². The van der Waals surface area contributed by atoms with Gasteiger partial charge < -0.3 is 9.64 Å². The van der Waals surface area contributed by atoms with Crippen molar-refractivity contribution in [1.82, 2.24) is 0 Å². The van der Waals surface area contributed by atoms with Gasteiger partial charge in [-0.05, 0) is 49.4 Å². The van der Waals surface area contributed by atoms with Crippen molar-refractivity contribution < 1.29 is 17.9 Å². The molecule has 1 aliphatic rings. The van der Waals surface area contributed by atoms with E-state index in [0.29, 0.717) is 17.0 Å². The van der Waals surface area contributed by atoms with Gasteiger partial charge in [0.05, 0.1) is 18.9 Å². The Labute approximate surface area is 147 Å². The molecule has 1 atom stereocenters. The van der Waals surface area contributed by atoms with E-state index in [2.05, 4.69) is 0 Å². The summed E-state index contributed by atoms with van der Waals surface area (Å²) in [5.41, 5.74) is 2.11. The Bertz CT molecular complexity index is 917. The second-order valence-corrected chi connectivity index (χ2v) is 7.90. The van der Waals surface area contributed by atoms with Crippen LogP contribution in [0.5, 0.6) is 5.75 Å². The molecule has 0 fully saturated rings. The molecule has 130 valence electrons. The number of hydrogen-bond acceptors (Lipinski definition) is 4. The topological polar surface area (TPSA) is 63.7 Å². The molecule has 2 aromatic carbocycles. The van der Waals surface area contributed by atoms with Crippen LogP contribution in [0.1, 0.15) is 15.9 Å². The molecule has 0 saturated carbocycles. The SMILES string of the molecule is COc1ccc(N(C(=O)c2cccc(C)c2)[C@H]2C=CS(=O)(=O)C2)cc1. The summed E-state index contributed by atoms with van der Waals surface area (Å²) in [6.45, 7) is 1.91. The maximum atomic E-state index is 13.1. The van der Waals surface area contributed by atoms with Gasteiger partial charge in [0.15, 0.2) is 9.84 Å². The zero-order chi connectivity index (χ0) is 18.0. The van der Waals surface area contributed by atoms with Crippen molar-refractivity contribution in [3.05, 3.63) is 71.1 Å². The van der Waals surface area contributed by atoms with Gasteiger partial charge in [0.1, 0.15) is 5.75 Å². The van der Waals surface area contributed by atoms with Crippen molar-refractivity contribution in [3.63, 3.8) is 0 Å². The van der Waals surface area contributed by atoms with Gasteiger partial charge in [0.25, 0.3) is 5.91 Å². The molecule has 1 aliphatic heterocycles. The molecular formula is C19H19NO4S. The number of rotatable bonds is 4. The van der Waals surface area contributed by atoms with Gasteiger partial charge in [-0.25, -0.2) is 8.42 Å². The van der Waals surface area contributed by atoms with E-state index in [-0.39, 0.29) is 11.7 Å². The lowest BCUT2D eigenvalue weighted by molar-refractivity contribution is 0.0983. The highest BCUT2D eigenvalue weighted by atomic mass is 32.2. The minimum absolute atomic E-state index is 0.114. The lowest BCUT2D eigenvalue weighted by Crippen LogP contribution is -2.41. The van der Waals surface area contributed by atoms with Crippen molar-refractivity contribution >= 4 is 21.4 Å². The largest absolute Gasteiger partial charge is 0.497 e. The molecule has 0 saturated heterocycles. The average Bonchev–Trinajstić information content (AvgIpc) is 2.95. The van der Waals surface area contributed by atoms with Crippen LogP contribution in [-0.2, 0) is 9.84 Å². The molecule has 6 heteroatoms. The first-order valence-corrected chi connectivity index (χ1v) is 9.56. The minimum atomic E-state index is -3.28. The standard InChI is InChI=1S/C19H19NO4S/c1-14-4-3-5-15(12-14)19(21)20(17-10-11-25(22,23)13-17)16-6-8-18(24-2)9-7-16/h3-12,17H,13H2,1-2H3/t17-/m0/s1. The van der Waals surface area contributed by atoms with Gasteiger partial charge in [0.2, 0.25) is 0 Å². The van der Waals surface area contributed by atoms with Crippen molar-refractivity contribution in [2.75, 3.05) is 17.8 Å². The summed E-state index contributed by atoms with van der Waals surface area (Å²) in [6, 6.07) is 13.7. The normalized spacial score (nSPS) is 18.1. The first-order chi connectivity index (χ1) is 11.9. The Morgan fingerprint density at radius 2 is 1.88 bits per heavy atom. The maximum Gasteiger partial charge on any atom is 0.258 e. The van der Waals surface area contributed by atoms with Gasteiger partial charge >= 0.3 is 0 Å². The first kappa shape index (κ1) is 17.2. The number of amides is 1. The molecule has 0 radical (unpaired) electrons. The van der Waals surface area contributed by atoms with Crippen LogP contribution in [0.3, 0.4) is 0 Å². The Morgan fingerprint density at radius 3 is 2.44 bits per heavy atom. The maximum absolute atomic E-state index is 13.1. The van der Waals surface area contributed by atoms with Gasteiger partial charge in [-0.2, -0.15) is 0 Å². The molecule has 3 rings (SSSR count). The highest BCUT2D eigenvalue weighted by Gasteiger charge is 2.32. The van der Waals surface area contributed by atoms with E-state index in [4.69, 9.17) is 4.74 Å². The summed E-state index contributed by atoms with van der Waals surface area (Å²) in [6.07, 6.45) is 1.56. The van der Waals surface area contributed by atoms with E-state index < -0.39 is 15.9 Å². The van der Waals surface area contributed by atoms with Crippen molar-refractivity contribution in [2.45, 2.75) is 13.0 Å². The van der Waals surface area contributed by atoms with Crippen molar-refractivity contribution in [2.24, 2.45) is 0 Å². The van der Waals surface area contributed by atoms with Crippen LogP contribution in [0.2, 0.25) is 0 Å². The van der Waals surface area contributed by atoms with E-state index in [1.807, 2.05) is 19.1 Å². The summed E-state index contributed by atoms with van der Waals surface area (Å²) in [4.78, 5) is 14.6. The molecule has 25 heavy (non-hydrogen) atoms. The number of sulfone groups is 1. The molecule has 0 N–H and O–H groups in total. The predicted molar refractivity (Wildman–Crippen MR) is 97.7 cm³/mol. The lowest BCUT2D eigenvalue weighted by Gasteiger charge is -2.28. The number of anilines is 1. The number of carbonyl (C=O) groups is 1. The smallest absolute Gasteiger partial charge is 0.258 e. The molecule has 2 aromatic rings. The molecule has 1 heterocycles. The fourth-order valence-electron chi connectivity index (χ4n) is 2.84. The van der Waals surface area contributed by atoms with Crippen LogP contribution >= 0.6 is 0 Å². The van der Waals surface area contributed by atoms with Crippen LogP contribution in [0.4, 0.5) is 5.69 Å². The van der Waals surface area contributed by atoms with Crippen LogP contribution < -0.4 is 9.64 Å². The summed E-state index contributed by atoms with van der Waals surface area (Å²) in [5.74, 6) is 0.318. The van der Waals surface area contributed by atoms with Gasteiger partial charge in [0, 0.05) is 16.7 Å². The molecule has 0 unspecified atom stereocenters. The molecule has 1 amide bonds. The third kappa shape index (κ3) is 3.74. The number of benzene rings is 2. The van der Waals surface area contributed by atoms with Crippen molar-refractivity contribution in [1.29, 1.82) is 0 Å². The van der Waals surface area contributed by atoms with E-state index in [9.17, 15) is 13.2 Å². The number of carbonyl (C=O) groups excluding carboxylic acids is 1. The minimum Gasteiger partial charge on any atom is -0.497 e. The van der Waals surface area contributed by atoms with E-state index in [0.717, 1.165) is 5.56 Å². The third-order valence-electron chi connectivity index (χ3n) is 4.08. The number of nitrogens with zero attached hydrogens (tertiary/aromatic N) is 1. The lowest BCUT2D eigenvalue weighted by atomic mass is 10.1. The Kier molecular flexibility index (Phi) is 4.63. The van der Waals surface area contributed by atoms with Crippen molar-refractivity contribution in [3.8, 4) is 5.75 Å². The van der Waals surface area contributed by atoms with E-state index in [1.165, 1.54) is 10.3 Å². The molecule has 5 nitrogen and oxygen atoms in total. The van der Waals surface area contributed by atoms with Gasteiger partial charge in [-0.3, -0.25) is 4.79 Å². The first-order valence-electron chi connectivity index (χ1n) is 7.85. The molecule has 0 bridgehead atoms. The van der Waals surface area contributed by atoms with E-state index >= 15 is 0 Å². The third-order valence-corrected chi connectivity index (χ3v) is 5.46. The monoisotopic (exact) mass is 357 g/mol. The zero-order valence-corrected chi connectivity index (χ0v) is 14.9. The fourth-order valence-corrected chi connectivity index (χ4v) is 4.11. The predicted octanol–water partition coefficient (Wildman–Crippen LogP) is 2.96. The number of ether oxygens (including phenoxy) is 1. The van der Waals surface area contributed by atoms with Gasteiger partial charge in [-0.15, -0.1) is 0 Å². The quantitative estimate of drug-likeness (QED) is 0.844. The number of methoxy groups -OCH3 is 1. The summed E-state index contributed by atoms with van der Waals surface area (Å²) in [7, 11) is -1.72. The highest BCUT2D eigenvalue weighted by Crippen LogP contribution is 2.27. The Morgan fingerprint density at radius 1 is 1.16 bits per heavy atom. The molecule has 0 aromatic heterocycles. The molecule has 0 spiro atoms. The van der Waals surface area contributed by atoms with Gasteiger partial charge in [-0.1, -0.05) is 17.7 Å². The number of hydrogen-bond donors (Lipinski definition) is 0. The second kappa shape index (κ2) is 6.72. The zero-order valence-electron chi connectivity index (χ0n) is 14.0. The Balaban J connectivity index is 2.02. The average molecular weight is 357 g/mol. The number of aryl methyl sites for hydroxylation is 1. The van der Waals surface area contributed by atoms with Crippen LogP contribution in [-0.4, -0.2) is 33.2 Å². The summed E-state index contributed by atoms with van der Waals surface area (Å²) >= 11 is 0. The van der Waals surface area contributed by atoms with Crippen LogP contribution in [0.25, 0.3) is 0 Å². The highest BCUT2D eigenvalue weighted by molar-refractivity contribution is 7.94. The fraction of sp³-hybridized carbons (Fsp3) is 0.211. The second-order valence-electron chi connectivity index (χ2n) is 5.97. The molecular weight excluding hydrogens is 338 g/mol. The summed E-state index contributed by atoms with van der Waals surface area (Å²) < 4.78 is 28.8. The van der Waals surface area contributed by atoms with Crippen LogP contribution in [0.15, 0.2) is 60.0 Å². The Hall–Kier alpha value is -2.60.